The van der Waals surface area contributed by atoms with Crippen LogP contribution in [-0.2, 0) is 6.54 Å². The zero-order valence-electron chi connectivity index (χ0n) is 11.4. The molecule has 0 saturated heterocycles. The predicted molar refractivity (Wildman–Crippen MR) is 84.7 cm³/mol. The van der Waals surface area contributed by atoms with E-state index in [2.05, 4.69) is 28.5 Å². The van der Waals surface area contributed by atoms with Gasteiger partial charge in [-0.25, -0.2) is 4.98 Å². The van der Waals surface area contributed by atoms with Crippen LogP contribution in [0.2, 0.25) is 0 Å². The minimum atomic E-state index is 0.751. The standard InChI is InChI=1S/C17H17N3/c1-12-7-8-15-14(16(12)18)9-10-19-17(15)20-11-13-5-3-2-4-6-13/h2-10H,11,18H2,1H3,(H,19,20). The maximum atomic E-state index is 6.14. The van der Waals surface area contributed by atoms with Crippen molar-refractivity contribution in [2.75, 3.05) is 11.1 Å². The number of nitrogens with zero attached hydrogens (tertiary/aromatic N) is 1. The molecule has 3 heteroatoms. The number of hydrogen-bond acceptors (Lipinski definition) is 3. The maximum Gasteiger partial charge on any atom is 0.134 e. The molecule has 0 fully saturated rings. The Labute approximate surface area is 118 Å². The number of aromatic nitrogens is 1. The van der Waals surface area contributed by atoms with Gasteiger partial charge >= 0.3 is 0 Å². The molecule has 3 rings (SSSR count). The van der Waals surface area contributed by atoms with Crippen molar-refractivity contribution in [2.24, 2.45) is 0 Å². The molecule has 0 aliphatic carbocycles. The third-order valence-electron chi connectivity index (χ3n) is 3.51. The zero-order chi connectivity index (χ0) is 13.9. The number of nitrogens with one attached hydrogen (secondary N) is 1. The van der Waals surface area contributed by atoms with E-state index in [9.17, 15) is 0 Å². The summed E-state index contributed by atoms with van der Waals surface area (Å²) in [6.07, 6.45) is 1.80. The largest absolute Gasteiger partial charge is 0.398 e. The molecule has 0 radical (unpaired) electrons. The Balaban J connectivity index is 1.94. The third-order valence-corrected chi connectivity index (χ3v) is 3.51. The Bertz CT molecular complexity index is 736. The molecule has 0 atom stereocenters. The fourth-order valence-electron chi connectivity index (χ4n) is 2.31. The Kier molecular flexibility index (Phi) is 3.25. The highest BCUT2D eigenvalue weighted by atomic mass is 15.0. The second kappa shape index (κ2) is 5.21. The minimum absolute atomic E-state index is 0.751. The Morgan fingerprint density at radius 2 is 1.80 bits per heavy atom. The molecule has 3 N–H and O–H groups in total. The Morgan fingerprint density at radius 1 is 1.00 bits per heavy atom. The van der Waals surface area contributed by atoms with E-state index in [4.69, 9.17) is 5.73 Å². The topological polar surface area (TPSA) is 50.9 Å². The molecule has 0 unspecified atom stereocenters. The van der Waals surface area contributed by atoms with Crippen LogP contribution in [0.3, 0.4) is 0 Å². The number of rotatable bonds is 3. The molecule has 0 spiro atoms. The highest BCUT2D eigenvalue weighted by molar-refractivity contribution is 6.00. The van der Waals surface area contributed by atoms with Gasteiger partial charge in [0.25, 0.3) is 0 Å². The molecule has 3 aromatic rings. The van der Waals surface area contributed by atoms with Crippen molar-refractivity contribution < 1.29 is 0 Å². The maximum absolute atomic E-state index is 6.14. The van der Waals surface area contributed by atoms with Crippen LogP contribution in [0.4, 0.5) is 11.5 Å². The van der Waals surface area contributed by atoms with Crippen molar-refractivity contribution in [3.63, 3.8) is 0 Å². The monoisotopic (exact) mass is 263 g/mol. The lowest BCUT2D eigenvalue weighted by Gasteiger charge is -2.11. The average molecular weight is 263 g/mol. The van der Waals surface area contributed by atoms with Gasteiger partial charge in [-0.05, 0) is 24.1 Å². The summed E-state index contributed by atoms with van der Waals surface area (Å²) < 4.78 is 0. The summed E-state index contributed by atoms with van der Waals surface area (Å²) in [5, 5.41) is 5.50. The average Bonchev–Trinajstić information content (AvgIpc) is 2.50. The van der Waals surface area contributed by atoms with E-state index in [-0.39, 0.29) is 0 Å². The number of fused-ring (bicyclic) bond motifs is 1. The summed E-state index contributed by atoms with van der Waals surface area (Å²) in [7, 11) is 0. The first-order valence-electron chi connectivity index (χ1n) is 6.67. The molecule has 0 aliphatic heterocycles. The summed E-state index contributed by atoms with van der Waals surface area (Å²) in [5.41, 5.74) is 9.29. The van der Waals surface area contributed by atoms with Crippen LogP contribution in [-0.4, -0.2) is 4.98 Å². The van der Waals surface area contributed by atoms with Crippen LogP contribution in [0.25, 0.3) is 10.8 Å². The zero-order valence-corrected chi connectivity index (χ0v) is 11.4. The summed E-state index contributed by atoms with van der Waals surface area (Å²) in [5.74, 6) is 0.873. The van der Waals surface area contributed by atoms with Gasteiger partial charge in [-0.15, -0.1) is 0 Å². The molecule has 20 heavy (non-hydrogen) atoms. The first-order valence-corrected chi connectivity index (χ1v) is 6.67. The number of aryl methyl sites for hydroxylation is 1. The number of benzene rings is 2. The van der Waals surface area contributed by atoms with Crippen LogP contribution >= 0.6 is 0 Å². The molecule has 0 aliphatic rings. The number of pyridine rings is 1. The van der Waals surface area contributed by atoms with Gasteiger partial charge in [0, 0.05) is 29.2 Å². The third kappa shape index (κ3) is 2.30. The first-order chi connectivity index (χ1) is 9.75. The molecule has 3 nitrogen and oxygen atoms in total. The Hall–Kier alpha value is -2.55. The van der Waals surface area contributed by atoms with Crippen molar-refractivity contribution in [1.82, 2.24) is 4.98 Å². The van der Waals surface area contributed by atoms with Crippen LogP contribution < -0.4 is 11.1 Å². The summed E-state index contributed by atoms with van der Waals surface area (Å²) in [4.78, 5) is 4.43. The van der Waals surface area contributed by atoms with Gasteiger partial charge in [0.2, 0.25) is 0 Å². The van der Waals surface area contributed by atoms with Gasteiger partial charge in [0.1, 0.15) is 5.82 Å². The molecular weight excluding hydrogens is 246 g/mol. The van der Waals surface area contributed by atoms with Crippen molar-refractivity contribution in [3.05, 3.63) is 65.9 Å². The molecule has 2 aromatic carbocycles. The lowest BCUT2D eigenvalue weighted by Crippen LogP contribution is -2.02. The normalized spacial score (nSPS) is 10.7. The highest BCUT2D eigenvalue weighted by Crippen LogP contribution is 2.28. The van der Waals surface area contributed by atoms with Crippen molar-refractivity contribution in [3.8, 4) is 0 Å². The van der Waals surface area contributed by atoms with Gasteiger partial charge in [0.15, 0.2) is 0 Å². The molecule has 0 bridgehead atoms. The van der Waals surface area contributed by atoms with E-state index in [0.29, 0.717) is 0 Å². The summed E-state index contributed by atoms with van der Waals surface area (Å²) >= 11 is 0. The quantitative estimate of drug-likeness (QED) is 0.708. The lowest BCUT2D eigenvalue weighted by atomic mass is 10.1. The van der Waals surface area contributed by atoms with Crippen molar-refractivity contribution >= 4 is 22.3 Å². The Morgan fingerprint density at radius 3 is 2.60 bits per heavy atom. The second-order valence-corrected chi connectivity index (χ2v) is 4.89. The van der Waals surface area contributed by atoms with Crippen LogP contribution in [0, 0.1) is 6.92 Å². The van der Waals surface area contributed by atoms with Gasteiger partial charge in [-0.2, -0.15) is 0 Å². The van der Waals surface area contributed by atoms with Crippen LogP contribution in [0.5, 0.6) is 0 Å². The summed E-state index contributed by atoms with van der Waals surface area (Å²) in [6, 6.07) is 16.3. The second-order valence-electron chi connectivity index (χ2n) is 4.89. The fourth-order valence-corrected chi connectivity index (χ4v) is 2.31. The predicted octanol–water partition coefficient (Wildman–Crippen LogP) is 3.74. The molecule has 1 aromatic heterocycles. The van der Waals surface area contributed by atoms with Crippen LogP contribution in [0.15, 0.2) is 54.7 Å². The number of nitrogens with two attached hydrogens (primary N) is 1. The molecule has 0 amide bonds. The lowest BCUT2D eigenvalue weighted by molar-refractivity contribution is 1.12. The first kappa shape index (κ1) is 12.5. The van der Waals surface area contributed by atoms with Crippen molar-refractivity contribution in [2.45, 2.75) is 13.5 Å². The fraction of sp³-hybridized carbons (Fsp3) is 0.118. The highest BCUT2D eigenvalue weighted by Gasteiger charge is 2.06. The van der Waals surface area contributed by atoms with Gasteiger partial charge in [-0.3, -0.25) is 0 Å². The van der Waals surface area contributed by atoms with E-state index in [1.807, 2.05) is 37.3 Å². The molecule has 100 valence electrons. The minimum Gasteiger partial charge on any atom is -0.398 e. The SMILES string of the molecule is Cc1ccc2c(NCc3ccccc3)nccc2c1N. The molecule has 0 saturated carbocycles. The van der Waals surface area contributed by atoms with E-state index in [0.717, 1.165) is 34.4 Å². The van der Waals surface area contributed by atoms with Crippen LogP contribution in [0.1, 0.15) is 11.1 Å². The van der Waals surface area contributed by atoms with E-state index in [1.165, 1.54) is 5.56 Å². The number of anilines is 2. The molecular formula is C17H17N3. The van der Waals surface area contributed by atoms with E-state index >= 15 is 0 Å². The molecule has 1 heterocycles. The summed E-state index contributed by atoms with van der Waals surface area (Å²) in [6.45, 7) is 2.77. The van der Waals surface area contributed by atoms with Gasteiger partial charge in [0.05, 0.1) is 0 Å². The van der Waals surface area contributed by atoms with E-state index in [1.54, 1.807) is 6.20 Å². The number of hydrogen-bond donors (Lipinski definition) is 2. The van der Waals surface area contributed by atoms with Gasteiger partial charge in [-0.1, -0.05) is 42.5 Å². The smallest absolute Gasteiger partial charge is 0.134 e. The van der Waals surface area contributed by atoms with Gasteiger partial charge < -0.3 is 11.1 Å². The van der Waals surface area contributed by atoms with E-state index < -0.39 is 0 Å². The van der Waals surface area contributed by atoms with Crippen molar-refractivity contribution in [1.29, 1.82) is 0 Å². The number of nitrogen functional groups attached to an aromatic ring is 1.